The van der Waals surface area contributed by atoms with E-state index >= 15 is 0 Å². The highest BCUT2D eigenvalue weighted by Crippen LogP contribution is 2.41. The molecule has 0 bridgehead atoms. The lowest BCUT2D eigenvalue weighted by Crippen LogP contribution is -2.37. The molecule has 3 rings (SSSR count). The van der Waals surface area contributed by atoms with Crippen molar-refractivity contribution in [1.29, 1.82) is 5.26 Å². The van der Waals surface area contributed by atoms with Crippen LogP contribution in [-0.2, 0) is 5.54 Å². The normalized spacial score (nSPS) is 20.8. The highest BCUT2D eigenvalue weighted by atomic mass is 32.2. The fourth-order valence-corrected chi connectivity index (χ4v) is 3.84. The summed E-state index contributed by atoms with van der Waals surface area (Å²) in [4.78, 5) is 1.21. The first-order chi connectivity index (χ1) is 9.73. The summed E-state index contributed by atoms with van der Waals surface area (Å²) in [5, 5.41) is 13.3. The van der Waals surface area contributed by atoms with Gasteiger partial charge in [0.15, 0.2) is 5.54 Å². The number of benzene rings is 2. The van der Waals surface area contributed by atoms with Crippen molar-refractivity contribution in [2.75, 3.05) is 11.1 Å². The number of nitrogens with one attached hydrogen (secondary N) is 1. The molecule has 1 unspecified atom stereocenters. The average molecular weight is 280 g/mol. The van der Waals surface area contributed by atoms with Gasteiger partial charge in [0.2, 0.25) is 0 Å². The summed E-state index contributed by atoms with van der Waals surface area (Å²) < 4.78 is 0. The van der Waals surface area contributed by atoms with Crippen LogP contribution in [0.1, 0.15) is 17.5 Å². The van der Waals surface area contributed by atoms with E-state index in [1.54, 1.807) is 0 Å². The maximum atomic E-state index is 9.80. The summed E-state index contributed by atoms with van der Waals surface area (Å²) in [5.74, 6) is 0.962. The molecule has 0 aromatic heterocycles. The molecule has 0 fully saturated rings. The number of thioether (sulfide) groups is 1. The van der Waals surface area contributed by atoms with E-state index in [0.717, 1.165) is 23.4 Å². The first kappa shape index (κ1) is 13.1. The molecule has 1 heterocycles. The minimum Gasteiger partial charge on any atom is -0.364 e. The van der Waals surface area contributed by atoms with E-state index in [1.165, 1.54) is 10.5 Å². The molecular formula is C17H16N2S. The van der Waals surface area contributed by atoms with E-state index in [9.17, 15) is 5.26 Å². The smallest absolute Gasteiger partial charge is 0.152 e. The lowest BCUT2D eigenvalue weighted by atomic mass is 9.87. The van der Waals surface area contributed by atoms with Gasteiger partial charge in [-0.2, -0.15) is 5.26 Å². The topological polar surface area (TPSA) is 35.8 Å². The zero-order valence-electron chi connectivity index (χ0n) is 11.4. The van der Waals surface area contributed by atoms with Crippen molar-refractivity contribution in [1.82, 2.24) is 0 Å². The Kier molecular flexibility index (Phi) is 3.42. The van der Waals surface area contributed by atoms with Crippen LogP contribution in [0.2, 0.25) is 0 Å². The fourth-order valence-electron chi connectivity index (χ4n) is 2.64. The number of anilines is 1. The minimum atomic E-state index is -0.615. The maximum absolute atomic E-state index is 9.80. The molecule has 0 aliphatic carbocycles. The molecule has 0 saturated heterocycles. The fraction of sp³-hybridized carbons (Fsp3) is 0.235. The van der Waals surface area contributed by atoms with Crippen LogP contribution in [0.4, 0.5) is 5.69 Å². The van der Waals surface area contributed by atoms with Crippen molar-refractivity contribution in [2.24, 2.45) is 0 Å². The molecule has 20 heavy (non-hydrogen) atoms. The summed E-state index contributed by atoms with van der Waals surface area (Å²) >= 11 is 1.83. The molecule has 0 saturated carbocycles. The Balaban J connectivity index is 2.03. The van der Waals surface area contributed by atoms with Gasteiger partial charge in [-0.15, -0.1) is 11.8 Å². The van der Waals surface area contributed by atoms with Crippen molar-refractivity contribution in [3.63, 3.8) is 0 Å². The Bertz CT molecular complexity index is 675. The minimum absolute atomic E-state index is 0.615. The first-order valence-corrected chi connectivity index (χ1v) is 7.70. The third-order valence-electron chi connectivity index (χ3n) is 3.65. The second kappa shape index (κ2) is 5.22. The van der Waals surface area contributed by atoms with E-state index < -0.39 is 5.54 Å². The Labute approximate surface area is 123 Å². The third kappa shape index (κ3) is 2.28. The SMILES string of the molecule is Cc1cccc(NC2(C#N)CCSc3ccccc32)c1. The third-order valence-corrected chi connectivity index (χ3v) is 4.72. The van der Waals surface area contributed by atoms with E-state index in [0.29, 0.717) is 0 Å². The first-order valence-electron chi connectivity index (χ1n) is 6.72. The van der Waals surface area contributed by atoms with Gasteiger partial charge < -0.3 is 5.32 Å². The van der Waals surface area contributed by atoms with Crippen LogP contribution >= 0.6 is 11.8 Å². The second-order valence-electron chi connectivity index (χ2n) is 5.11. The van der Waals surface area contributed by atoms with Crippen molar-refractivity contribution in [2.45, 2.75) is 23.8 Å². The maximum Gasteiger partial charge on any atom is 0.152 e. The lowest BCUT2D eigenvalue weighted by Gasteiger charge is -2.34. The molecule has 0 amide bonds. The molecule has 100 valence electrons. The van der Waals surface area contributed by atoms with E-state index in [1.807, 2.05) is 36.0 Å². The molecule has 1 aliphatic heterocycles. The summed E-state index contributed by atoms with van der Waals surface area (Å²) in [5.41, 5.74) is 2.69. The number of hydrogen-bond donors (Lipinski definition) is 1. The highest BCUT2D eigenvalue weighted by molar-refractivity contribution is 7.99. The second-order valence-corrected chi connectivity index (χ2v) is 6.24. The highest BCUT2D eigenvalue weighted by Gasteiger charge is 2.37. The van der Waals surface area contributed by atoms with Crippen LogP contribution in [0.5, 0.6) is 0 Å². The van der Waals surface area contributed by atoms with E-state index in [2.05, 4.69) is 42.6 Å². The van der Waals surface area contributed by atoms with Crippen LogP contribution in [0, 0.1) is 18.3 Å². The van der Waals surface area contributed by atoms with Gasteiger partial charge in [0.1, 0.15) is 0 Å². The summed E-state index contributed by atoms with van der Waals surface area (Å²) in [6.45, 7) is 2.06. The Hall–Kier alpha value is -1.92. The number of hydrogen-bond acceptors (Lipinski definition) is 3. The summed E-state index contributed by atoms with van der Waals surface area (Å²) in [7, 11) is 0. The zero-order valence-corrected chi connectivity index (χ0v) is 12.2. The number of nitriles is 1. The number of nitrogens with zero attached hydrogens (tertiary/aromatic N) is 1. The summed E-state index contributed by atoms with van der Waals surface area (Å²) in [6.07, 6.45) is 0.819. The quantitative estimate of drug-likeness (QED) is 0.889. The van der Waals surface area contributed by atoms with Gasteiger partial charge in [-0.25, -0.2) is 0 Å². The summed E-state index contributed by atoms with van der Waals surface area (Å²) in [6, 6.07) is 18.9. The number of fused-ring (bicyclic) bond motifs is 1. The molecule has 0 radical (unpaired) electrons. The van der Waals surface area contributed by atoms with Crippen molar-refractivity contribution >= 4 is 17.4 Å². The molecule has 1 aliphatic rings. The Morgan fingerprint density at radius 3 is 2.85 bits per heavy atom. The lowest BCUT2D eigenvalue weighted by molar-refractivity contribution is 0.589. The van der Waals surface area contributed by atoms with Crippen molar-refractivity contribution < 1.29 is 0 Å². The van der Waals surface area contributed by atoms with Gasteiger partial charge in [-0.05, 0) is 37.1 Å². The van der Waals surface area contributed by atoms with Crippen LogP contribution in [-0.4, -0.2) is 5.75 Å². The van der Waals surface area contributed by atoms with Crippen LogP contribution < -0.4 is 5.32 Å². The molecule has 1 N–H and O–H groups in total. The molecular weight excluding hydrogens is 264 g/mol. The molecule has 3 heteroatoms. The van der Waals surface area contributed by atoms with Gasteiger partial charge in [-0.1, -0.05) is 30.3 Å². The van der Waals surface area contributed by atoms with Crippen LogP contribution in [0.15, 0.2) is 53.4 Å². The number of rotatable bonds is 2. The Morgan fingerprint density at radius 2 is 2.05 bits per heavy atom. The predicted molar refractivity (Wildman–Crippen MR) is 83.9 cm³/mol. The van der Waals surface area contributed by atoms with Crippen LogP contribution in [0.3, 0.4) is 0 Å². The molecule has 1 atom stereocenters. The number of aryl methyl sites for hydroxylation is 1. The molecule has 2 aromatic rings. The predicted octanol–water partition coefficient (Wildman–Crippen LogP) is 4.32. The molecule has 2 nitrogen and oxygen atoms in total. The van der Waals surface area contributed by atoms with E-state index in [-0.39, 0.29) is 0 Å². The van der Waals surface area contributed by atoms with Gasteiger partial charge >= 0.3 is 0 Å². The standard InChI is InChI=1S/C17H16N2S/c1-13-5-4-6-14(11-13)19-17(12-18)9-10-20-16-8-3-2-7-15(16)17/h2-8,11,19H,9-10H2,1H3. The molecule has 0 spiro atoms. The molecule has 2 aromatic carbocycles. The van der Waals surface area contributed by atoms with Gasteiger partial charge in [0.25, 0.3) is 0 Å². The van der Waals surface area contributed by atoms with Crippen LogP contribution in [0.25, 0.3) is 0 Å². The zero-order chi connectivity index (χ0) is 14.0. The Morgan fingerprint density at radius 1 is 1.20 bits per heavy atom. The van der Waals surface area contributed by atoms with Gasteiger partial charge in [-0.3, -0.25) is 0 Å². The van der Waals surface area contributed by atoms with Gasteiger partial charge in [0.05, 0.1) is 6.07 Å². The average Bonchev–Trinajstić information content (AvgIpc) is 2.47. The van der Waals surface area contributed by atoms with Gasteiger partial charge in [0, 0.05) is 21.9 Å². The van der Waals surface area contributed by atoms with Crippen molar-refractivity contribution in [3.05, 3.63) is 59.7 Å². The van der Waals surface area contributed by atoms with E-state index in [4.69, 9.17) is 0 Å². The largest absolute Gasteiger partial charge is 0.364 e. The monoisotopic (exact) mass is 280 g/mol. The van der Waals surface area contributed by atoms with Crippen molar-refractivity contribution in [3.8, 4) is 6.07 Å².